The summed E-state index contributed by atoms with van der Waals surface area (Å²) in [7, 11) is 0. The third-order valence-electron chi connectivity index (χ3n) is 4.08. The van der Waals surface area contributed by atoms with Crippen LogP contribution in [0.15, 0.2) is 46.6 Å². The number of fused-ring (bicyclic) bond motifs is 1. The number of amides is 1. The molecule has 0 bridgehead atoms. The number of nitrogens with zero attached hydrogens (tertiary/aromatic N) is 2. The number of aromatic nitrogens is 2. The second-order valence-electron chi connectivity index (χ2n) is 5.92. The molecule has 1 amide bonds. The quantitative estimate of drug-likeness (QED) is 0.720. The van der Waals surface area contributed by atoms with Gasteiger partial charge in [0.1, 0.15) is 6.04 Å². The normalized spacial score (nSPS) is 12.9. The van der Waals surface area contributed by atoms with Crippen LogP contribution in [0.5, 0.6) is 0 Å². The number of carbonyl (C=O) groups excluding carboxylic acids is 1. The summed E-state index contributed by atoms with van der Waals surface area (Å²) < 4.78 is 40.5. The first-order chi connectivity index (χ1) is 12.8. The molecule has 0 fully saturated rings. The van der Waals surface area contributed by atoms with Crippen LogP contribution in [0.1, 0.15) is 23.5 Å². The first-order valence-corrected chi connectivity index (χ1v) is 9.05. The number of hydrogen-bond donors (Lipinski definition) is 1. The zero-order valence-electron chi connectivity index (χ0n) is 14.3. The van der Waals surface area contributed by atoms with Crippen molar-refractivity contribution in [1.82, 2.24) is 14.9 Å². The monoisotopic (exact) mass is 395 g/mol. The summed E-state index contributed by atoms with van der Waals surface area (Å²) in [6.45, 7) is 1.72. The number of carbonyl (C=O) groups is 1. The maximum absolute atomic E-state index is 13.2. The predicted octanol–water partition coefficient (Wildman–Crippen LogP) is 3.40. The first-order valence-electron chi connectivity index (χ1n) is 8.17. The lowest BCUT2D eigenvalue weighted by atomic mass is 10.2. The van der Waals surface area contributed by atoms with Crippen molar-refractivity contribution in [3.63, 3.8) is 0 Å². The van der Waals surface area contributed by atoms with Gasteiger partial charge >= 0.3 is 6.18 Å². The van der Waals surface area contributed by atoms with Crippen LogP contribution in [-0.2, 0) is 17.4 Å². The van der Waals surface area contributed by atoms with Gasteiger partial charge in [0.2, 0.25) is 11.6 Å². The molecule has 142 valence electrons. The smallest absolute Gasteiger partial charge is 0.354 e. The van der Waals surface area contributed by atoms with Gasteiger partial charge in [-0.15, -0.1) is 11.3 Å². The van der Waals surface area contributed by atoms with E-state index in [-0.39, 0.29) is 11.0 Å². The zero-order chi connectivity index (χ0) is 19.6. The van der Waals surface area contributed by atoms with E-state index in [0.29, 0.717) is 13.0 Å². The van der Waals surface area contributed by atoms with Crippen LogP contribution in [0.2, 0.25) is 0 Å². The molecule has 1 aromatic carbocycles. The van der Waals surface area contributed by atoms with Gasteiger partial charge < -0.3 is 5.32 Å². The molecule has 0 saturated carbocycles. The summed E-state index contributed by atoms with van der Waals surface area (Å²) in [5, 5.41) is 4.59. The molecule has 0 aliphatic heterocycles. The van der Waals surface area contributed by atoms with E-state index in [1.54, 1.807) is 17.4 Å². The Morgan fingerprint density at radius 1 is 1.26 bits per heavy atom. The molecule has 27 heavy (non-hydrogen) atoms. The van der Waals surface area contributed by atoms with Crippen LogP contribution in [-0.4, -0.2) is 22.0 Å². The molecule has 9 heteroatoms. The lowest BCUT2D eigenvalue weighted by Crippen LogP contribution is -2.39. The molecule has 1 N–H and O–H groups in total. The van der Waals surface area contributed by atoms with Crippen molar-refractivity contribution < 1.29 is 18.0 Å². The van der Waals surface area contributed by atoms with Crippen LogP contribution >= 0.6 is 11.3 Å². The highest BCUT2D eigenvalue weighted by Crippen LogP contribution is 2.27. The third kappa shape index (κ3) is 4.02. The number of alkyl halides is 3. The van der Waals surface area contributed by atoms with E-state index in [1.807, 2.05) is 17.5 Å². The van der Waals surface area contributed by atoms with Crippen molar-refractivity contribution in [2.75, 3.05) is 6.54 Å². The molecular weight excluding hydrogens is 379 g/mol. The molecule has 2 aromatic heterocycles. The summed E-state index contributed by atoms with van der Waals surface area (Å²) in [5.41, 5.74) is -2.68. The molecule has 0 aliphatic carbocycles. The summed E-state index contributed by atoms with van der Waals surface area (Å²) in [4.78, 5) is 29.4. The molecular formula is C18H16F3N3O2S. The number of para-hydroxylation sites is 2. The number of nitrogens with one attached hydrogen (secondary N) is 1. The van der Waals surface area contributed by atoms with Gasteiger partial charge in [0.25, 0.3) is 5.56 Å². The fourth-order valence-electron chi connectivity index (χ4n) is 2.75. The Hall–Kier alpha value is -2.68. The minimum absolute atomic E-state index is 0.00246. The van der Waals surface area contributed by atoms with E-state index in [2.05, 4.69) is 10.3 Å². The van der Waals surface area contributed by atoms with Crippen LogP contribution < -0.4 is 10.9 Å². The Morgan fingerprint density at radius 3 is 2.67 bits per heavy atom. The third-order valence-corrected chi connectivity index (χ3v) is 5.02. The molecule has 0 spiro atoms. The number of hydrogen-bond acceptors (Lipinski definition) is 4. The summed E-state index contributed by atoms with van der Waals surface area (Å²) in [6, 6.07) is 8.66. The first kappa shape index (κ1) is 19.1. The fraction of sp³-hybridized carbons (Fsp3) is 0.278. The van der Waals surface area contributed by atoms with Gasteiger partial charge in [-0.3, -0.25) is 14.2 Å². The summed E-state index contributed by atoms with van der Waals surface area (Å²) in [6.07, 6.45) is -4.30. The molecule has 0 saturated heterocycles. The summed E-state index contributed by atoms with van der Waals surface area (Å²) in [5.74, 6) is -0.530. The van der Waals surface area contributed by atoms with Crippen LogP contribution in [0.4, 0.5) is 13.2 Å². The Bertz CT molecular complexity index is 1010. The summed E-state index contributed by atoms with van der Waals surface area (Å²) >= 11 is 1.55. The van der Waals surface area contributed by atoms with Crippen LogP contribution in [0, 0.1) is 0 Å². The van der Waals surface area contributed by atoms with Crippen LogP contribution in [0.3, 0.4) is 0 Å². The minimum Gasteiger partial charge on any atom is -0.354 e. The highest BCUT2D eigenvalue weighted by atomic mass is 32.1. The van der Waals surface area contributed by atoms with Crippen molar-refractivity contribution in [2.45, 2.75) is 25.6 Å². The van der Waals surface area contributed by atoms with Crippen molar-refractivity contribution in [3.05, 3.63) is 62.7 Å². The van der Waals surface area contributed by atoms with Crippen LogP contribution in [0.25, 0.3) is 11.0 Å². The standard InChI is InChI=1S/C18H16F3N3O2S/c1-11(16(25)22-9-8-12-5-4-10-27-12)24-14-7-3-2-6-13(14)23-15(17(24)26)18(19,20)21/h2-7,10-11H,8-9H2,1H3,(H,22,25). The number of rotatable bonds is 5. The minimum atomic E-state index is -4.90. The average molecular weight is 395 g/mol. The van der Waals surface area contributed by atoms with E-state index >= 15 is 0 Å². The largest absolute Gasteiger partial charge is 0.438 e. The van der Waals surface area contributed by atoms with Crippen molar-refractivity contribution in [3.8, 4) is 0 Å². The van der Waals surface area contributed by atoms with Gasteiger partial charge in [-0.2, -0.15) is 13.2 Å². The molecule has 1 atom stereocenters. The van der Waals surface area contributed by atoms with E-state index < -0.39 is 29.4 Å². The Balaban J connectivity index is 1.93. The molecule has 3 aromatic rings. The SMILES string of the molecule is CC(C(=O)NCCc1cccs1)n1c(=O)c(C(F)(F)F)nc2ccccc21. The fourth-order valence-corrected chi connectivity index (χ4v) is 3.46. The van der Waals surface area contributed by atoms with Gasteiger partial charge in [-0.25, -0.2) is 4.98 Å². The molecule has 1 unspecified atom stereocenters. The maximum Gasteiger partial charge on any atom is 0.438 e. The Kier molecular flexibility index (Phi) is 5.31. The lowest BCUT2D eigenvalue weighted by Gasteiger charge is -2.19. The van der Waals surface area contributed by atoms with E-state index in [4.69, 9.17) is 0 Å². The highest BCUT2D eigenvalue weighted by Gasteiger charge is 2.38. The predicted molar refractivity (Wildman–Crippen MR) is 96.7 cm³/mol. The van der Waals surface area contributed by atoms with Gasteiger partial charge in [0, 0.05) is 11.4 Å². The number of thiophene rings is 1. The lowest BCUT2D eigenvalue weighted by molar-refractivity contribution is -0.142. The van der Waals surface area contributed by atoms with Gasteiger partial charge in [-0.05, 0) is 36.9 Å². The molecule has 5 nitrogen and oxygen atoms in total. The van der Waals surface area contributed by atoms with Gasteiger partial charge in [-0.1, -0.05) is 18.2 Å². The molecule has 2 heterocycles. The second-order valence-corrected chi connectivity index (χ2v) is 6.95. The number of benzene rings is 1. The van der Waals surface area contributed by atoms with E-state index in [0.717, 1.165) is 9.44 Å². The molecule has 0 radical (unpaired) electrons. The van der Waals surface area contributed by atoms with Crippen molar-refractivity contribution in [2.24, 2.45) is 0 Å². The Labute approximate surface area is 156 Å². The second kappa shape index (κ2) is 7.51. The van der Waals surface area contributed by atoms with E-state index in [1.165, 1.54) is 25.1 Å². The number of halogens is 3. The Morgan fingerprint density at radius 2 is 2.00 bits per heavy atom. The molecule has 0 aliphatic rings. The maximum atomic E-state index is 13.2. The van der Waals surface area contributed by atoms with E-state index in [9.17, 15) is 22.8 Å². The molecule has 3 rings (SSSR count). The highest BCUT2D eigenvalue weighted by molar-refractivity contribution is 7.09. The van der Waals surface area contributed by atoms with Crippen molar-refractivity contribution in [1.29, 1.82) is 0 Å². The topological polar surface area (TPSA) is 64.0 Å². The average Bonchev–Trinajstić information content (AvgIpc) is 3.13. The zero-order valence-corrected chi connectivity index (χ0v) is 15.1. The van der Waals surface area contributed by atoms with Crippen molar-refractivity contribution >= 4 is 28.3 Å². The van der Waals surface area contributed by atoms with Gasteiger partial charge in [0.05, 0.1) is 11.0 Å². The van der Waals surface area contributed by atoms with Gasteiger partial charge in [0.15, 0.2) is 0 Å².